The number of H-pyrrole nitrogens is 1. The van der Waals surface area contributed by atoms with E-state index in [4.69, 9.17) is 23.2 Å². The first kappa shape index (κ1) is 12.0. The van der Waals surface area contributed by atoms with Crippen LogP contribution in [0.25, 0.3) is 0 Å². The molecule has 0 unspecified atom stereocenters. The molecule has 17 heavy (non-hydrogen) atoms. The van der Waals surface area contributed by atoms with Crippen LogP contribution in [0.1, 0.15) is 16.2 Å². The Labute approximate surface area is 108 Å². The summed E-state index contributed by atoms with van der Waals surface area (Å²) in [6.07, 6.45) is 0. The maximum absolute atomic E-state index is 11.9. The summed E-state index contributed by atoms with van der Waals surface area (Å²) in [7, 11) is 1.67. The first-order chi connectivity index (χ1) is 7.99. The van der Waals surface area contributed by atoms with Crippen molar-refractivity contribution in [3.05, 3.63) is 33.7 Å². The van der Waals surface area contributed by atoms with Gasteiger partial charge in [-0.05, 0) is 13.0 Å². The molecule has 2 N–H and O–H groups in total. The number of hydrogen-bond donors (Lipinski definition) is 2. The predicted octanol–water partition coefficient (Wildman–Crippen LogP) is 2.62. The van der Waals surface area contributed by atoms with E-state index >= 15 is 0 Å². The quantitative estimate of drug-likeness (QED) is 0.883. The summed E-state index contributed by atoms with van der Waals surface area (Å²) < 4.78 is 1.51. The molecule has 1 amide bonds. The minimum Gasteiger partial charge on any atom is -0.329 e. The molecule has 0 aliphatic heterocycles. The number of aryl methyl sites for hydroxylation is 1. The summed E-state index contributed by atoms with van der Waals surface area (Å²) in [5.74, 6) is 0.147. The number of halogens is 2. The lowest BCUT2D eigenvalue weighted by atomic mass is 10.4. The van der Waals surface area contributed by atoms with Crippen LogP contribution < -0.4 is 5.32 Å². The average molecular weight is 273 g/mol. The maximum atomic E-state index is 11.9. The Kier molecular flexibility index (Phi) is 3.13. The van der Waals surface area contributed by atoms with Crippen LogP contribution in [0.5, 0.6) is 0 Å². The van der Waals surface area contributed by atoms with E-state index in [0.717, 1.165) is 5.69 Å². The standard InChI is InChI=1S/C10H10Cl2N4O/c1-5-3-8(15-14-5)13-10(17)7-4-6(11)9(12)16(7)2/h3-4H,1-2H3,(H2,13,14,15,17). The molecule has 0 aliphatic carbocycles. The molecule has 90 valence electrons. The number of carbonyl (C=O) groups is 1. The summed E-state index contributed by atoms with van der Waals surface area (Å²) >= 11 is 11.7. The third-order valence-electron chi connectivity index (χ3n) is 2.30. The van der Waals surface area contributed by atoms with Crippen molar-refractivity contribution in [2.45, 2.75) is 6.92 Å². The molecule has 5 nitrogen and oxygen atoms in total. The summed E-state index contributed by atoms with van der Waals surface area (Å²) in [6, 6.07) is 3.24. The number of nitrogens with one attached hydrogen (secondary N) is 2. The number of anilines is 1. The van der Waals surface area contributed by atoms with Crippen molar-refractivity contribution in [1.29, 1.82) is 0 Å². The lowest BCUT2D eigenvalue weighted by Gasteiger charge is -2.03. The minimum absolute atomic E-state index is 0.312. The van der Waals surface area contributed by atoms with Crippen LogP contribution in [0, 0.1) is 6.92 Å². The lowest BCUT2D eigenvalue weighted by molar-refractivity contribution is 0.101. The summed E-state index contributed by atoms with van der Waals surface area (Å²) in [5.41, 5.74) is 1.24. The van der Waals surface area contributed by atoms with Gasteiger partial charge in [0.25, 0.3) is 5.91 Å². The Hall–Kier alpha value is -1.46. The Balaban J connectivity index is 2.23. The Morgan fingerprint density at radius 1 is 1.47 bits per heavy atom. The van der Waals surface area contributed by atoms with Gasteiger partial charge in [-0.25, -0.2) is 0 Å². The zero-order chi connectivity index (χ0) is 12.6. The van der Waals surface area contributed by atoms with Crippen LogP contribution in [0.2, 0.25) is 10.2 Å². The van der Waals surface area contributed by atoms with Gasteiger partial charge in [-0.15, -0.1) is 0 Å². The Bertz CT molecular complexity index is 573. The second-order valence-electron chi connectivity index (χ2n) is 3.62. The van der Waals surface area contributed by atoms with E-state index in [2.05, 4.69) is 15.5 Å². The van der Waals surface area contributed by atoms with Gasteiger partial charge in [-0.2, -0.15) is 5.10 Å². The van der Waals surface area contributed by atoms with Crippen LogP contribution in [0.15, 0.2) is 12.1 Å². The molecule has 0 saturated carbocycles. The van der Waals surface area contributed by atoms with Gasteiger partial charge in [0.15, 0.2) is 5.82 Å². The molecule has 0 aromatic carbocycles. The highest BCUT2D eigenvalue weighted by molar-refractivity contribution is 6.42. The molecule has 0 atom stereocenters. The van der Waals surface area contributed by atoms with Gasteiger partial charge in [0.2, 0.25) is 0 Å². The summed E-state index contributed by atoms with van der Waals surface area (Å²) in [4.78, 5) is 11.9. The Morgan fingerprint density at radius 3 is 2.65 bits per heavy atom. The van der Waals surface area contributed by atoms with Crippen molar-refractivity contribution in [2.24, 2.45) is 7.05 Å². The highest BCUT2D eigenvalue weighted by Gasteiger charge is 2.16. The zero-order valence-corrected chi connectivity index (χ0v) is 10.7. The molecule has 0 bridgehead atoms. The molecule has 0 saturated heterocycles. The van der Waals surface area contributed by atoms with Gasteiger partial charge in [-0.1, -0.05) is 23.2 Å². The number of hydrogen-bond acceptors (Lipinski definition) is 2. The molecule has 7 heteroatoms. The number of aromatic amines is 1. The van der Waals surface area contributed by atoms with E-state index in [-0.39, 0.29) is 5.91 Å². The second kappa shape index (κ2) is 4.43. The first-order valence-electron chi connectivity index (χ1n) is 4.83. The van der Waals surface area contributed by atoms with Crippen LogP contribution in [-0.4, -0.2) is 20.7 Å². The van der Waals surface area contributed by atoms with Gasteiger partial charge in [0.1, 0.15) is 10.8 Å². The van der Waals surface area contributed by atoms with Gasteiger partial charge in [0.05, 0.1) is 5.02 Å². The van der Waals surface area contributed by atoms with E-state index in [1.54, 1.807) is 13.1 Å². The second-order valence-corrected chi connectivity index (χ2v) is 4.38. The average Bonchev–Trinajstić information content (AvgIpc) is 2.78. The smallest absolute Gasteiger partial charge is 0.273 e. The predicted molar refractivity (Wildman–Crippen MR) is 66.7 cm³/mol. The molecule has 0 radical (unpaired) electrons. The summed E-state index contributed by atoms with van der Waals surface area (Å²) in [6.45, 7) is 1.85. The fourth-order valence-electron chi connectivity index (χ4n) is 1.42. The highest BCUT2D eigenvalue weighted by Crippen LogP contribution is 2.25. The van der Waals surface area contributed by atoms with Gasteiger partial charge in [-0.3, -0.25) is 9.89 Å². The molecule has 2 heterocycles. The van der Waals surface area contributed by atoms with E-state index in [0.29, 0.717) is 21.7 Å². The van der Waals surface area contributed by atoms with E-state index in [9.17, 15) is 4.79 Å². The number of aromatic nitrogens is 3. The van der Waals surface area contributed by atoms with Crippen LogP contribution in [0.4, 0.5) is 5.82 Å². The highest BCUT2D eigenvalue weighted by atomic mass is 35.5. The van der Waals surface area contributed by atoms with Crippen molar-refractivity contribution in [2.75, 3.05) is 5.32 Å². The third kappa shape index (κ3) is 2.30. The van der Waals surface area contributed by atoms with Crippen molar-refractivity contribution >= 4 is 34.9 Å². The SMILES string of the molecule is Cc1cc(NC(=O)c2cc(Cl)c(Cl)n2C)n[nH]1. The van der Waals surface area contributed by atoms with Crippen molar-refractivity contribution in [1.82, 2.24) is 14.8 Å². The summed E-state index contributed by atoms with van der Waals surface area (Å²) in [5, 5.41) is 9.96. The molecule has 0 aliphatic rings. The molecule has 2 aromatic heterocycles. The number of carbonyl (C=O) groups excluding carboxylic acids is 1. The van der Waals surface area contributed by atoms with E-state index in [1.165, 1.54) is 10.6 Å². The fourth-order valence-corrected chi connectivity index (χ4v) is 1.80. The Morgan fingerprint density at radius 2 is 2.18 bits per heavy atom. The number of rotatable bonds is 2. The third-order valence-corrected chi connectivity index (χ3v) is 3.14. The van der Waals surface area contributed by atoms with E-state index in [1.807, 2.05) is 6.92 Å². The van der Waals surface area contributed by atoms with Gasteiger partial charge < -0.3 is 9.88 Å². The van der Waals surface area contributed by atoms with Gasteiger partial charge in [0, 0.05) is 18.8 Å². The largest absolute Gasteiger partial charge is 0.329 e. The van der Waals surface area contributed by atoms with E-state index < -0.39 is 0 Å². The van der Waals surface area contributed by atoms with Crippen molar-refractivity contribution in [3.63, 3.8) is 0 Å². The normalized spacial score (nSPS) is 10.6. The fraction of sp³-hybridized carbons (Fsp3) is 0.200. The van der Waals surface area contributed by atoms with Crippen LogP contribution in [-0.2, 0) is 7.05 Å². The van der Waals surface area contributed by atoms with Crippen LogP contribution >= 0.6 is 23.2 Å². The number of amides is 1. The van der Waals surface area contributed by atoms with Gasteiger partial charge >= 0.3 is 0 Å². The molecule has 2 aromatic rings. The lowest BCUT2D eigenvalue weighted by Crippen LogP contribution is -2.15. The monoisotopic (exact) mass is 272 g/mol. The zero-order valence-electron chi connectivity index (χ0n) is 9.21. The maximum Gasteiger partial charge on any atom is 0.273 e. The van der Waals surface area contributed by atoms with Crippen molar-refractivity contribution < 1.29 is 4.79 Å². The molecule has 0 spiro atoms. The molecule has 0 fully saturated rings. The number of nitrogens with zero attached hydrogens (tertiary/aromatic N) is 2. The van der Waals surface area contributed by atoms with Crippen molar-refractivity contribution in [3.8, 4) is 0 Å². The molecular formula is C10H10Cl2N4O. The topological polar surface area (TPSA) is 62.7 Å². The minimum atomic E-state index is -0.312. The molecular weight excluding hydrogens is 263 g/mol. The molecule has 2 rings (SSSR count). The first-order valence-corrected chi connectivity index (χ1v) is 5.58. The van der Waals surface area contributed by atoms with Crippen LogP contribution in [0.3, 0.4) is 0 Å².